The van der Waals surface area contributed by atoms with E-state index in [1.54, 1.807) is 0 Å². The van der Waals surface area contributed by atoms with Crippen LogP contribution in [0.5, 0.6) is 0 Å². The number of halogens is 1. The average Bonchev–Trinajstić information content (AvgIpc) is 2.93. The number of benzene rings is 1. The third-order valence-electron chi connectivity index (χ3n) is 4.21. The van der Waals surface area contributed by atoms with Gasteiger partial charge in [-0.1, -0.05) is 18.3 Å². The van der Waals surface area contributed by atoms with Crippen LogP contribution < -0.4 is 11.1 Å². The van der Waals surface area contributed by atoms with Gasteiger partial charge in [0.15, 0.2) is 0 Å². The van der Waals surface area contributed by atoms with E-state index >= 15 is 0 Å². The standard InChI is InChI=1S/C14H18BrN3S/c15-9-3-1-4-11(13(9)14(16)19)17-10-6-8-18-7-2-5-12(10)18/h1,3-4,10,12,17H,2,5-8H2,(H2,16,19). The van der Waals surface area contributed by atoms with Gasteiger partial charge in [-0.15, -0.1) is 0 Å². The van der Waals surface area contributed by atoms with E-state index in [0.29, 0.717) is 17.1 Å². The van der Waals surface area contributed by atoms with Gasteiger partial charge >= 0.3 is 0 Å². The number of hydrogen-bond donors (Lipinski definition) is 2. The van der Waals surface area contributed by atoms with E-state index in [-0.39, 0.29) is 0 Å². The first-order valence-corrected chi connectivity index (χ1v) is 7.96. The zero-order valence-corrected chi connectivity index (χ0v) is 13.1. The fourth-order valence-corrected chi connectivity index (χ4v) is 4.28. The van der Waals surface area contributed by atoms with E-state index in [1.165, 1.54) is 32.4 Å². The van der Waals surface area contributed by atoms with Crippen molar-refractivity contribution >= 4 is 38.8 Å². The molecule has 2 atom stereocenters. The lowest BCUT2D eigenvalue weighted by molar-refractivity contribution is 0.318. The molecular formula is C14H18BrN3S. The minimum Gasteiger partial charge on any atom is -0.389 e. The van der Waals surface area contributed by atoms with Crippen LogP contribution in [0.15, 0.2) is 22.7 Å². The Hall–Kier alpha value is -0.650. The number of fused-ring (bicyclic) bond motifs is 1. The quantitative estimate of drug-likeness (QED) is 0.831. The topological polar surface area (TPSA) is 41.3 Å². The van der Waals surface area contributed by atoms with Gasteiger partial charge in [0, 0.05) is 34.4 Å². The first-order valence-electron chi connectivity index (χ1n) is 6.75. The molecule has 19 heavy (non-hydrogen) atoms. The first kappa shape index (κ1) is 13.3. The van der Waals surface area contributed by atoms with Gasteiger partial charge in [-0.05, 0) is 53.9 Å². The van der Waals surface area contributed by atoms with Crippen molar-refractivity contribution in [3.05, 3.63) is 28.2 Å². The van der Waals surface area contributed by atoms with Gasteiger partial charge in [0.2, 0.25) is 0 Å². The predicted octanol–water partition coefficient (Wildman–Crippen LogP) is 2.73. The summed E-state index contributed by atoms with van der Waals surface area (Å²) in [6, 6.07) is 7.27. The molecule has 3 rings (SSSR count). The summed E-state index contributed by atoms with van der Waals surface area (Å²) in [5.74, 6) is 0. The van der Waals surface area contributed by atoms with Crippen molar-refractivity contribution < 1.29 is 0 Å². The lowest BCUT2D eigenvalue weighted by Crippen LogP contribution is -2.34. The molecule has 0 aliphatic carbocycles. The Bertz CT molecular complexity index is 505. The highest BCUT2D eigenvalue weighted by atomic mass is 79.9. The molecular weight excluding hydrogens is 322 g/mol. The van der Waals surface area contributed by atoms with Crippen LogP contribution in [0.25, 0.3) is 0 Å². The zero-order chi connectivity index (χ0) is 13.4. The van der Waals surface area contributed by atoms with E-state index in [1.807, 2.05) is 12.1 Å². The van der Waals surface area contributed by atoms with Crippen LogP contribution in [0.1, 0.15) is 24.8 Å². The van der Waals surface area contributed by atoms with Crippen LogP contribution >= 0.6 is 28.1 Å². The maximum Gasteiger partial charge on any atom is 0.107 e. The molecule has 2 heterocycles. The van der Waals surface area contributed by atoms with Crippen molar-refractivity contribution in [2.24, 2.45) is 5.73 Å². The Morgan fingerprint density at radius 2 is 2.21 bits per heavy atom. The number of hydrogen-bond acceptors (Lipinski definition) is 3. The molecule has 0 amide bonds. The molecule has 5 heteroatoms. The van der Waals surface area contributed by atoms with Gasteiger partial charge in [-0.3, -0.25) is 4.90 Å². The average molecular weight is 340 g/mol. The second-order valence-electron chi connectivity index (χ2n) is 5.31. The smallest absolute Gasteiger partial charge is 0.107 e. The van der Waals surface area contributed by atoms with E-state index in [4.69, 9.17) is 18.0 Å². The highest BCUT2D eigenvalue weighted by molar-refractivity contribution is 9.10. The summed E-state index contributed by atoms with van der Waals surface area (Å²) in [5.41, 5.74) is 7.83. The van der Waals surface area contributed by atoms with Gasteiger partial charge < -0.3 is 11.1 Å². The predicted molar refractivity (Wildman–Crippen MR) is 86.7 cm³/mol. The van der Waals surface area contributed by atoms with Crippen molar-refractivity contribution in [2.45, 2.75) is 31.3 Å². The summed E-state index contributed by atoms with van der Waals surface area (Å²) in [5, 5.41) is 3.66. The Morgan fingerprint density at radius 1 is 1.37 bits per heavy atom. The zero-order valence-electron chi connectivity index (χ0n) is 10.7. The number of anilines is 1. The summed E-state index contributed by atoms with van der Waals surface area (Å²) < 4.78 is 0.964. The van der Waals surface area contributed by atoms with Crippen LogP contribution in [0, 0.1) is 0 Å². The molecule has 0 aromatic heterocycles. The van der Waals surface area contributed by atoms with E-state index in [2.05, 4.69) is 32.2 Å². The second kappa shape index (κ2) is 5.38. The lowest BCUT2D eigenvalue weighted by Gasteiger charge is -2.23. The van der Waals surface area contributed by atoms with Crippen molar-refractivity contribution in [2.75, 3.05) is 18.4 Å². The molecule has 102 valence electrons. The first-order chi connectivity index (χ1) is 9.16. The van der Waals surface area contributed by atoms with E-state index < -0.39 is 0 Å². The fraction of sp³-hybridized carbons (Fsp3) is 0.500. The second-order valence-corrected chi connectivity index (χ2v) is 6.61. The molecule has 2 aliphatic heterocycles. The van der Waals surface area contributed by atoms with Crippen molar-refractivity contribution in [1.29, 1.82) is 0 Å². The van der Waals surface area contributed by atoms with Gasteiger partial charge in [-0.2, -0.15) is 0 Å². The van der Waals surface area contributed by atoms with Crippen molar-refractivity contribution in [3.8, 4) is 0 Å². The third kappa shape index (κ3) is 2.51. The summed E-state index contributed by atoms with van der Waals surface area (Å²) in [4.78, 5) is 3.03. The Balaban J connectivity index is 1.84. The summed E-state index contributed by atoms with van der Waals surface area (Å²) in [6.45, 7) is 2.46. The van der Waals surface area contributed by atoms with Gasteiger partial charge in [0.05, 0.1) is 0 Å². The van der Waals surface area contributed by atoms with Crippen LogP contribution in [-0.4, -0.2) is 35.1 Å². The number of rotatable bonds is 3. The molecule has 0 bridgehead atoms. The third-order valence-corrected chi connectivity index (χ3v) is 5.07. The SMILES string of the molecule is NC(=S)c1c(Br)cccc1NC1CCN2CCCC12. The van der Waals surface area contributed by atoms with Gasteiger partial charge in [0.25, 0.3) is 0 Å². The molecule has 2 unspecified atom stereocenters. The normalized spacial score (nSPS) is 26.4. The fourth-order valence-electron chi connectivity index (χ4n) is 3.35. The molecule has 1 aromatic rings. The van der Waals surface area contributed by atoms with E-state index in [9.17, 15) is 0 Å². The summed E-state index contributed by atoms with van der Waals surface area (Å²) in [7, 11) is 0. The molecule has 0 saturated carbocycles. The number of nitrogens with one attached hydrogen (secondary N) is 1. The number of nitrogens with zero attached hydrogens (tertiary/aromatic N) is 1. The lowest BCUT2D eigenvalue weighted by atomic mass is 10.1. The monoisotopic (exact) mass is 339 g/mol. The Kier molecular flexibility index (Phi) is 3.78. The molecule has 0 spiro atoms. The van der Waals surface area contributed by atoms with Crippen molar-refractivity contribution in [1.82, 2.24) is 4.90 Å². The molecule has 3 N–H and O–H groups in total. The highest BCUT2D eigenvalue weighted by Gasteiger charge is 2.37. The number of nitrogens with two attached hydrogens (primary N) is 1. The molecule has 3 nitrogen and oxygen atoms in total. The summed E-state index contributed by atoms with van der Waals surface area (Å²) in [6.07, 6.45) is 3.82. The molecule has 2 fully saturated rings. The minimum atomic E-state index is 0.441. The van der Waals surface area contributed by atoms with Crippen LogP contribution in [0.3, 0.4) is 0 Å². The van der Waals surface area contributed by atoms with Gasteiger partial charge in [-0.25, -0.2) is 0 Å². The van der Waals surface area contributed by atoms with Gasteiger partial charge in [0.1, 0.15) is 4.99 Å². The van der Waals surface area contributed by atoms with Crippen molar-refractivity contribution in [3.63, 3.8) is 0 Å². The van der Waals surface area contributed by atoms with Crippen LogP contribution in [0.2, 0.25) is 0 Å². The van der Waals surface area contributed by atoms with E-state index in [0.717, 1.165) is 15.7 Å². The Labute approximate surface area is 127 Å². The highest BCUT2D eigenvalue weighted by Crippen LogP contribution is 2.32. The largest absolute Gasteiger partial charge is 0.389 e. The number of thiocarbonyl (C=S) groups is 1. The molecule has 2 aliphatic rings. The Morgan fingerprint density at radius 3 is 3.00 bits per heavy atom. The molecule has 2 saturated heterocycles. The minimum absolute atomic E-state index is 0.441. The summed E-state index contributed by atoms with van der Waals surface area (Å²) >= 11 is 8.70. The van der Waals surface area contributed by atoms with Crippen LogP contribution in [-0.2, 0) is 0 Å². The van der Waals surface area contributed by atoms with Crippen LogP contribution in [0.4, 0.5) is 5.69 Å². The maximum atomic E-state index is 5.85. The molecule has 0 radical (unpaired) electrons. The maximum absolute atomic E-state index is 5.85. The molecule has 1 aromatic carbocycles.